The van der Waals surface area contributed by atoms with Crippen LogP contribution in [0.2, 0.25) is 0 Å². The lowest BCUT2D eigenvalue weighted by Gasteiger charge is -2.35. The number of alkyl halides is 3. The molecule has 1 saturated heterocycles. The Bertz CT molecular complexity index is 1210. The van der Waals surface area contributed by atoms with Crippen LogP contribution in [0.5, 0.6) is 0 Å². The zero-order valence-electron chi connectivity index (χ0n) is 21.6. The third kappa shape index (κ3) is 6.15. The zero-order valence-corrected chi connectivity index (χ0v) is 23.2. The normalized spacial score (nSPS) is 19.1. The van der Waals surface area contributed by atoms with Crippen LogP contribution in [0.3, 0.4) is 0 Å². The molecule has 2 aliphatic rings. The van der Waals surface area contributed by atoms with Gasteiger partial charge in [-0.2, -0.15) is 18.2 Å². The maximum atomic E-state index is 12.8. The van der Waals surface area contributed by atoms with E-state index in [2.05, 4.69) is 45.8 Å². The van der Waals surface area contributed by atoms with Gasteiger partial charge in [-0.1, -0.05) is 35.4 Å². The van der Waals surface area contributed by atoms with E-state index >= 15 is 0 Å². The minimum absolute atomic E-state index is 0.393. The topological polar surface area (TPSA) is 58.3 Å². The van der Waals surface area contributed by atoms with Gasteiger partial charge in [0.25, 0.3) is 5.89 Å². The van der Waals surface area contributed by atoms with E-state index in [1.165, 1.54) is 17.2 Å². The van der Waals surface area contributed by atoms with Gasteiger partial charge < -0.3 is 9.42 Å². The number of fused-ring (bicyclic) bond motifs is 1. The van der Waals surface area contributed by atoms with Crippen molar-refractivity contribution in [2.75, 3.05) is 30.8 Å². The summed E-state index contributed by atoms with van der Waals surface area (Å²) in [5, 5.41) is 4.26. The lowest BCUT2D eigenvalue weighted by atomic mass is 9.90. The summed E-state index contributed by atoms with van der Waals surface area (Å²) < 4.78 is 46.6. The fourth-order valence-electron chi connectivity index (χ4n) is 5.40. The van der Waals surface area contributed by atoms with Gasteiger partial charge in [-0.05, 0) is 84.2 Å². The van der Waals surface area contributed by atoms with Crippen molar-refractivity contribution in [1.82, 2.24) is 19.4 Å². The van der Waals surface area contributed by atoms with Crippen molar-refractivity contribution in [1.29, 1.82) is 0 Å². The SMILES string of the molecule is CCCC1c2ccc(-c3nc(CC4CCN(c5ccc(C(F)(F)F)cn5)CC4)no3)cc2CCN1SSC. The molecule has 0 saturated carbocycles. The van der Waals surface area contributed by atoms with Crippen molar-refractivity contribution in [2.45, 2.75) is 57.7 Å². The molecule has 0 spiro atoms. The average Bonchev–Trinajstić information content (AvgIpc) is 3.38. The molecule has 1 unspecified atom stereocenters. The largest absolute Gasteiger partial charge is 0.417 e. The number of rotatable bonds is 8. The lowest BCUT2D eigenvalue weighted by molar-refractivity contribution is -0.137. The summed E-state index contributed by atoms with van der Waals surface area (Å²) in [7, 11) is 3.64. The summed E-state index contributed by atoms with van der Waals surface area (Å²) in [6, 6.07) is 9.52. The van der Waals surface area contributed by atoms with Crippen molar-refractivity contribution >= 4 is 27.6 Å². The molecule has 204 valence electrons. The summed E-state index contributed by atoms with van der Waals surface area (Å²) >= 11 is 0. The first-order valence-corrected chi connectivity index (χ1v) is 15.6. The van der Waals surface area contributed by atoms with Crippen molar-refractivity contribution in [3.05, 3.63) is 59.0 Å². The molecular formula is C27H32F3N5OS2. The van der Waals surface area contributed by atoms with E-state index in [0.29, 0.717) is 29.5 Å². The molecule has 1 fully saturated rings. The predicted octanol–water partition coefficient (Wildman–Crippen LogP) is 7.24. The van der Waals surface area contributed by atoms with E-state index in [9.17, 15) is 13.2 Å². The number of hydrogen-bond donors (Lipinski definition) is 0. The summed E-state index contributed by atoms with van der Waals surface area (Å²) in [6.07, 6.45) is 4.47. The number of piperidine rings is 1. The summed E-state index contributed by atoms with van der Waals surface area (Å²) in [5.74, 6) is 2.24. The zero-order chi connectivity index (χ0) is 26.7. The number of benzene rings is 1. The maximum Gasteiger partial charge on any atom is 0.417 e. The maximum absolute atomic E-state index is 12.8. The molecule has 1 atom stereocenters. The van der Waals surface area contributed by atoms with Gasteiger partial charge in [-0.25, -0.2) is 9.29 Å². The highest BCUT2D eigenvalue weighted by Crippen LogP contribution is 2.41. The van der Waals surface area contributed by atoms with E-state index in [-0.39, 0.29) is 0 Å². The fraction of sp³-hybridized carbons (Fsp3) is 0.519. The number of anilines is 1. The van der Waals surface area contributed by atoms with Gasteiger partial charge in [0.2, 0.25) is 0 Å². The van der Waals surface area contributed by atoms with E-state index in [1.807, 2.05) is 15.9 Å². The smallest absolute Gasteiger partial charge is 0.357 e. The minimum Gasteiger partial charge on any atom is -0.357 e. The molecule has 4 heterocycles. The molecule has 1 aromatic carbocycles. The molecule has 0 bridgehead atoms. The molecular weight excluding hydrogens is 531 g/mol. The lowest BCUT2D eigenvalue weighted by Crippen LogP contribution is -2.35. The summed E-state index contributed by atoms with van der Waals surface area (Å²) in [6.45, 7) is 4.75. The Morgan fingerprint density at radius 1 is 1.11 bits per heavy atom. The van der Waals surface area contributed by atoms with Crippen LogP contribution >= 0.6 is 21.8 Å². The predicted molar refractivity (Wildman–Crippen MR) is 147 cm³/mol. The fourth-order valence-corrected chi connectivity index (χ4v) is 7.19. The minimum atomic E-state index is -4.37. The molecule has 0 N–H and O–H groups in total. The molecule has 5 rings (SSSR count). The first-order valence-electron chi connectivity index (χ1n) is 13.1. The van der Waals surface area contributed by atoms with Gasteiger partial charge in [-0.15, -0.1) is 0 Å². The second-order valence-corrected chi connectivity index (χ2v) is 12.3. The molecule has 2 aromatic heterocycles. The quantitative estimate of drug-likeness (QED) is 0.210. The van der Waals surface area contributed by atoms with Crippen molar-refractivity contribution in [3.63, 3.8) is 0 Å². The molecule has 0 radical (unpaired) electrons. The second kappa shape index (κ2) is 11.9. The highest BCUT2D eigenvalue weighted by Gasteiger charge is 2.31. The summed E-state index contributed by atoms with van der Waals surface area (Å²) in [4.78, 5) is 10.8. The average molecular weight is 564 g/mol. The Kier molecular flexibility index (Phi) is 8.54. The van der Waals surface area contributed by atoms with E-state index in [0.717, 1.165) is 76.0 Å². The van der Waals surface area contributed by atoms with Crippen LogP contribution in [0.15, 0.2) is 41.1 Å². The number of pyridine rings is 1. The highest BCUT2D eigenvalue weighted by atomic mass is 33.1. The van der Waals surface area contributed by atoms with Gasteiger partial charge in [0.15, 0.2) is 5.82 Å². The first-order chi connectivity index (χ1) is 18.4. The molecule has 38 heavy (non-hydrogen) atoms. The van der Waals surface area contributed by atoms with Crippen LogP contribution in [0, 0.1) is 5.92 Å². The van der Waals surface area contributed by atoms with Crippen molar-refractivity contribution in [2.24, 2.45) is 5.92 Å². The van der Waals surface area contributed by atoms with E-state index in [1.54, 1.807) is 10.8 Å². The number of nitrogens with zero attached hydrogens (tertiary/aromatic N) is 5. The third-order valence-corrected chi connectivity index (χ3v) is 9.18. The van der Waals surface area contributed by atoms with Gasteiger partial charge in [0.1, 0.15) is 5.82 Å². The Balaban J connectivity index is 1.19. The van der Waals surface area contributed by atoms with Crippen LogP contribution in [0.4, 0.5) is 19.0 Å². The second-order valence-electron chi connectivity index (χ2n) is 9.90. The molecule has 2 aliphatic heterocycles. The molecule has 3 aromatic rings. The van der Waals surface area contributed by atoms with Gasteiger partial charge in [0.05, 0.1) is 5.56 Å². The van der Waals surface area contributed by atoms with Crippen LogP contribution in [-0.2, 0) is 19.0 Å². The highest BCUT2D eigenvalue weighted by molar-refractivity contribution is 8.75. The molecule has 11 heteroatoms. The number of halogens is 3. The third-order valence-electron chi connectivity index (χ3n) is 7.38. The van der Waals surface area contributed by atoms with Crippen LogP contribution in [-0.4, -0.2) is 45.3 Å². The van der Waals surface area contributed by atoms with Gasteiger partial charge >= 0.3 is 6.18 Å². The van der Waals surface area contributed by atoms with Crippen molar-refractivity contribution < 1.29 is 17.7 Å². The first kappa shape index (κ1) is 27.3. The standard InChI is InChI=1S/C27H32F3N5OS2/c1-3-4-23-22-7-5-20(16-19(22)11-14-35(23)38-37-2)26-32-24(33-36-26)15-18-9-12-34(13-10-18)25-8-6-21(17-31-25)27(28,29)30/h5-8,16-18,23H,3-4,9-15H2,1-2H3. The Labute approximate surface area is 229 Å². The Morgan fingerprint density at radius 3 is 2.61 bits per heavy atom. The summed E-state index contributed by atoms with van der Waals surface area (Å²) in [5.41, 5.74) is 3.01. The Morgan fingerprint density at radius 2 is 1.92 bits per heavy atom. The number of hydrogen-bond acceptors (Lipinski definition) is 8. The Hall–Kier alpha value is -2.24. The van der Waals surface area contributed by atoms with Gasteiger partial charge in [-0.3, -0.25) is 0 Å². The molecule has 6 nitrogen and oxygen atoms in total. The number of aromatic nitrogens is 3. The van der Waals surface area contributed by atoms with Crippen LogP contribution in [0.25, 0.3) is 11.5 Å². The van der Waals surface area contributed by atoms with E-state index in [4.69, 9.17) is 9.51 Å². The monoisotopic (exact) mass is 563 g/mol. The van der Waals surface area contributed by atoms with E-state index < -0.39 is 11.7 Å². The molecule has 0 aliphatic carbocycles. The molecule has 0 amide bonds. The van der Waals surface area contributed by atoms with Gasteiger partial charge in [0, 0.05) is 43.9 Å². The van der Waals surface area contributed by atoms with Crippen LogP contribution < -0.4 is 4.90 Å². The van der Waals surface area contributed by atoms with Crippen molar-refractivity contribution in [3.8, 4) is 11.5 Å². The van der Waals surface area contributed by atoms with Crippen LogP contribution in [0.1, 0.15) is 61.2 Å².